The molecule has 0 saturated carbocycles. The molecule has 0 aliphatic rings. The van der Waals surface area contributed by atoms with E-state index in [1.807, 2.05) is 0 Å². The first kappa shape index (κ1) is 12.0. The summed E-state index contributed by atoms with van der Waals surface area (Å²) < 4.78 is 1.45. The van der Waals surface area contributed by atoms with Crippen LogP contribution in [0.25, 0.3) is 0 Å². The Bertz CT molecular complexity index is 473. The summed E-state index contributed by atoms with van der Waals surface area (Å²) in [6.45, 7) is 1.60. The van der Waals surface area contributed by atoms with Crippen LogP contribution in [0.5, 0.6) is 0 Å². The molecular weight excluding hydrogens is 218 g/mol. The highest BCUT2D eigenvalue weighted by atomic mass is 35.5. The number of aliphatic hydroxyl groups is 1. The molecule has 6 heteroatoms. The maximum absolute atomic E-state index is 11.8. The van der Waals surface area contributed by atoms with Gasteiger partial charge in [-0.1, -0.05) is 11.6 Å². The van der Waals surface area contributed by atoms with Crippen molar-refractivity contribution in [2.24, 2.45) is 12.0 Å². The summed E-state index contributed by atoms with van der Waals surface area (Å²) in [6, 6.07) is 0. The number of aryl methyl sites for hydroxylation is 1. The highest BCUT2D eigenvalue weighted by Gasteiger charge is 2.11. The van der Waals surface area contributed by atoms with Crippen molar-refractivity contribution in [2.75, 3.05) is 7.05 Å². The smallest absolute Gasteiger partial charge is 0.228 e. The number of aliphatic hydroxyl groups excluding tert-OH is 1. The fourth-order valence-electron chi connectivity index (χ4n) is 1.38. The van der Waals surface area contributed by atoms with E-state index in [1.54, 1.807) is 14.0 Å². The third-order valence-corrected chi connectivity index (χ3v) is 2.35. The van der Waals surface area contributed by atoms with Gasteiger partial charge in [-0.2, -0.15) is 0 Å². The van der Waals surface area contributed by atoms with Gasteiger partial charge in [0.1, 0.15) is 5.15 Å². The summed E-state index contributed by atoms with van der Waals surface area (Å²) in [4.78, 5) is 15.7. The van der Waals surface area contributed by atoms with Gasteiger partial charge >= 0.3 is 0 Å². The van der Waals surface area contributed by atoms with Crippen LogP contribution in [0.3, 0.4) is 0 Å². The topological polar surface area (TPSA) is 70.4 Å². The number of aromatic nitrogens is 2. The second-order valence-electron chi connectivity index (χ2n) is 3.39. The van der Waals surface area contributed by atoms with Crippen molar-refractivity contribution in [1.29, 1.82) is 0 Å². The Morgan fingerprint density at radius 1 is 1.67 bits per heavy atom. The number of aromatic amines is 1. The first-order chi connectivity index (χ1) is 6.97. The van der Waals surface area contributed by atoms with E-state index in [1.165, 1.54) is 11.7 Å². The quantitative estimate of drug-likeness (QED) is 0.742. The average molecular weight is 232 g/mol. The second kappa shape index (κ2) is 4.63. The molecule has 1 rings (SSSR count). The lowest BCUT2D eigenvalue weighted by atomic mass is 10.1. The number of hydrogen-bond acceptors (Lipinski definition) is 3. The summed E-state index contributed by atoms with van der Waals surface area (Å²) in [5, 5.41) is 12.3. The van der Waals surface area contributed by atoms with E-state index in [4.69, 9.17) is 11.6 Å². The normalized spacial score (nSPS) is 14.3. The van der Waals surface area contributed by atoms with E-state index in [9.17, 15) is 9.90 Å². The first-order valence-corrected chi connectivity index (χ1v) is 4.93. The zero-order valence-corrected chi connectivity index (χ0v) is 9.67. The minimum atomic E-state index is -0.610. The monoisotopic (exact) mass is 231 g/mol. The molecule has 0 aromatic carbocycles. The van der Waals surface area contributed by atoms with Crippen LogP contribution in [0.2, 0.25) is 5.15 Å². The molecule has 0 spiro atoms. The minimum Gasteiger partial charge on any atom is -0.393 e. The van der Waals surface area contributed by atoms with Gasteiger partial charge in [0.05, 0.1) is 6.10 Å². The third kappa shape index (κ3) is 2.49. The van der Waals surface area contributed by atoms with Crippen LogP contribution in [0, 0.1) is 0 Å². The molecule has 0 fully saturated rings. The number of rotatable bonds is 2. The molecule has 0 aliphatic carbocycles. The number of halogens is 1. The van der Waals surface area contributed by atoms with Crippen molar-refractivity contribution in [3.63, 3.8) is 0 Å². The molecule has 1 unspecified atom stereocenters. The molecule has 0 saturated heterocycles. The predicted octanol–water partition coefficient (Wildman–Crippen LogP) is -0.179. The summed E-state index contributed by atoms with van der Waals surface area (Å²) in [7, 11) is 3.19. The summed E-state index contributed by atoms with van der Waals surface area (Å²) in [5.74, 6) is 0. The van der Waals surface area contributed by atoms with Crippen molar-refractivity contribution in [1.82, 2.24) is 9.78 Å². The van der Waals surface area contributed by atoms with Gasteiger partial charge in [-0.3, -0.25) is 19.6 Å². The minimum absolute atomic E-state index is 0.220. The number of hydrogen-bond donors (Lipinski definition) is 2. The maximum Gasteiger partial charge on any atom is 0.228 e. The van der Waals surface area contributed by atoms with Crippen LogP contribution in [0.4, 0.5) is 0 Å². The van der Waals surface area contributed by atoms with Gasteiger partial charge in [0.25, 0.3) is 0 Å². The van der Waals surface area contributed by atoms with Crippen LogP contribution < -0.4 is 10.9 Å². The lowest BCUT2D eigenvalue weighted by Gasteiger charge is -2.08. The second-order valence-corrected chi connectivity index (χ2v) is 3.77. The maximum atomic E-state index is 11.8. The van der Waals surface area contributed by atoms with Gasteiger partial charge in [-0.15, -0.1) is 0 Å². The summed E-state index contributed by atoms with van der Waals surface area (Å²) in [6.07, 6.45) is -0.390. The molecule has 0 bridgehead atoms. The third-order valence-electron chi connectivity index (χ3n) is 2.04. The van der Waals surface area contributed by atoms with Crippen molar-refractivity contribution in [3.8, 4) is 0 Å². The lowest BCUT2D eigenvalue weighted by molar-refractivity contribution is 0.195. The molecule has 1 atom stereocenters. The van der Waals surface area contributed by atoms with Crippen molar-refractivity contribution >= 4 is 11.6 Å². The Labute approximate surface area is 92.0 Å². The molecular formula is C9H14ClN3O2. The van der Waals surface area contributed by atoms with Gasteiger partial charge < -0.3 is 5.11 Å². The molecule has 2 N–H and O–H groups in total. The Balaban J connectivity index is 3.47. The number of H-pyrrole nitrogens is 1. The molecule has 84 valence electrons. The van der Waals surface area contributed by atoms with Gasteiger partial charge in [0.15, 0.2) is 5.49 Å². The fourth-order valence-corrected chi connectivity index (χ4v) is 1.67. The molecule has 0 radical (unpaired) electrons. The molecule has 1 aromatic heterocycles. The first-order valence-electron chi connectivity index (χ1n) is 4.56. The van der Waals surface area contributed by atoms with E-state index >= 15 is 0 Å². The van der Waals surface area contributed by atoms with Gasteiger partial charge in [-0.05, 0) is 6.92 Å². The molecule has 1 heterocycles. The number of nitrogens with one attached hydrogen (secondary N) is 1. The van der Waals surface area contributed by atoms with Gasteiger partial charge in [0, 0.05) is 26.1 Å². The van der Waals surface area contributed by atoms with Gasteiger partial charge in [0.2, 0.25) is 5.43 Å². The molecule has 0 amide bonds. The highest BCUT2D eigenvalue weighted by molar-refractivity contribution is 6.30. The van der Waals surface area contributed by atoms with Crippen LogP contribution in [-0.2, 0) is 13.5 Å². The summed E-state index contributed by atoms with van der Waals surface area (Å²) >= 11 is 5.88. The van der Waals surface area contributed by atoms with E-state index in [-0.39, 0.29) is 22.5 Å². The Morgan fingerprint density at radius 3 is 2.73 bits per heavy atom. The predicted molar refractivity (Wildman–Crippen MR) is 57.9 cm³/mol. The molecule has 0 aliphatic heterocycles. The summed E-state index contributed by atoms with van der Waals surface area (Å²) in [5.41, 5.74) is 0.407. The SMILES string of the molecule is CN=c1c(=O)c(CC(C)O)c(Cl)[nH]n1C. The highest BCUT2D eigenvalue weighted by Crippen LogP contribution is 2.08. The Morgan fingerprint density at radius 2 is 2.27 bits per heavy atom. The van der Waals surface area contributed by atoms with E-state index in [2.05, 4.69) is 10.1 Å². The van der Waals surface area contributed by atoms with Crippen LogP contribution in [0.15, 0.2) is 9.79 Å². The van der Waals surface area contributed by atoms with Crippen molar-refractivity contribution in [2.45, 2.75) is 19.4 Å². The van der Waals surface area contributed by atoms with Crippen LogP contribution in [-0.4, -0.2) is 28.0 Å². The van der Waals surface area contributed by atoms with Crippen molar-refractivity contribution in [3.05, 3.63) is 26.4 Å². The molecule has 1 aromatic rings. The van der Waals surface area contributed by atoms with Gasteiger partial charge in [-0.25, -0.2) is 0 Å². The Hall–Kier alpha value is -1.07. The average Bonchev–Trinajstić information content (AvgIpc) is 2.12. The molecule has 5 nitrogen and oxygen atoms in total. The van der Waals surface area contributed by atoms with Crippen molar-refractivity contribution < 1.29 is 5.11 Å². The van der Waals surface area contributed by atoms with Crippen LogP contribution >= 0.6 is 11.6 Å². The standard InChI is InChI=1S/C9H14ClN3O2/c1-5(14)4-6-7(15)9(11-2)13(3)12-8(6)10/h5,12,14H,4H2,1-3H3. The zero-order valence-electron chi connectivity index (χ0n) is 8.91. The number of nitrogens with zero attached hydrogens (tertiary/aromatic N) is 2. The van der Waals surface area contributed by atoms with E-state index in [0.29, 0.717) is 5.56 Å². The zero-order chi connectivity index (χ0) is 11.6. The largest absolute Gasteiger partial charge is 0.393 e. The lowest BCUT2D eigenvalue weighted by Crippen LogP contribution is -2.39. The van der Waals surface area contributed by atoms with E-state index in [0.717, 1.165) is 0 Å². The molecule has 15 heavy (non-hydrogen) atoms. The Kier molecular flexibility index (Phi) is 3.71. The van der Waals surface area contributed by atoms with Crippen LogP contribution in [0.1, 0.15) is 12.5 Å². The fraction of sp³-hybridized carbons (Fsp3) is 0.556. The van der Waals surface area contributed by atoms with E-state index < -0.39 is 6.10 Å².